The van der Waals surface area contributed by atoms with Gasteiger partial charge in [-0.1, -0.05) is 29.8 Å². The third-order valence-corrected chi connectivity index (χ3v) is 6.60. The highest BCUT2D eigenvalue weighted by Gasteiger charge is 2.25. The van der Waals surface area contributed by atoms with E-state index in [4.69, 9.17) is 21.3 Å². The van der Waals surface area contributed by atoms with Crippen LogP contribution in [-0.2, 0) is 9.53 Å². The second kappa shape index (κ2) is 11.8. The molecule has 3 amide bonds. The first kappa shape index (κ1) is 26.7. The quantitative estimate of drug-likeness (QED) is 0.416. The Kier molecular flexibility index (Phi) is 8.51. The summed E-state index contributed by atoms with van der Waals surface area (Å²) in [5.41, 5.74) is 4.75. The van der Waals surface area contributed by atoms with Gasteiger partial charge in [0.05, 0.1) is 11.8 Å². The highest BCUT2D eigenvalue weighted by Crippen LogP contribution is 2.26. The smallest absolute Gasteiger partial charge is 0.318 e. The molecule has 2 heterocycles. The topological polar surface area (TPSA) is 88.5 Å². The Bertz CT molecular complexity index is 1250. The molecule has 2 aromatic carbocycles. The lowest BCUT2D eigenvalue weighted by atomic mass is 10.1. The molecular formula is C28H34ClN5O3. The van der Waals surface area contributed by atoms with E-state index >= 15 is 0 Å². The number of benzene rings is 2. The van der Waals surface area contributed by atoms with Crippen molar-refractivity contribution in [2.24, 2.45) is 0 Å². The standard InChI is InChI=1S/C28H34ClN5O3/c1-18(2)30-28(36)33(15-24-6-5-13-37-24)17-26(35)32-27-31-25(21-8-10-22(29)11-9-21)16-34(27)23-12-7-19(3)20(4)14-23/h7-12,14,16,18,24H,5-6,13,15,17H2,1-4H3,(H,30,36)(H,31,32,35). The number of hydrogen-bond donors (Lipinski definition) is 2. The van der Waals surface area contributed by atoms with Crippen molar-refractivity contribution in [3.05, 3.63) is 64.8 Å². The maximum absolute atomic E-state index is 13.2. The number of urea groups is 1. The Morgan fingerprint density at radius 1 is 1.16 bits per heavy atom. The first-order chi connectivity index (χ1) is 17.7. The first-order valence-corrected chi connectivity index (χ1v) is 13.0. The number of hydrogen-bond acceptors (Lipinski definition) is 4. The van der Waals surface area contributed by atoms with E-state index in [2.05, 4.69) is 23.6 Å². The molecule has 1 aliphatic heterocycles. The lowest BCUT2D eigenvalue weighted by molar-refractivity contribution is -0.117. The molecule has 196 valence electrons. The van der Waals surface area contributed by atoms with Gasteiger partial charge >= 0.3 is 6.03 Å². The van der Waals surface area contributed by atoms with Gasteiger partial charge in [-0.3, -0.25) is 14.7 Å². The van der Waals surface area contributed by atoms with E-state index in [-0.39, 0.29) is 30.6 Å². The molecule has 4 rings (SSSR count). The Morgan fingerprint density at radius 3 is 2.57 bits per heavy atom. The lowest BCUT2D eigenvalue weighted by Crippen LogP contribution is -2.49. The van der Waals surface area contributed by atoms with Crippen LogP contribution in [-0.4, -0.2) is 58.2 Å². The molecule has 2 N–H and O–H groups in total. The van der Waals surface area contributed by atoms with E-state index < -0.39 is 0 Å². The van der Waals surface area contributed by atoms with Crippen LogP contribution in [0.1, 0.15) is 37.8 Å². The maximum Gasteiger partial charge on any atom is 0.318 e. The van der Waals surface area contributed by atoms with Crippen molar-refractivity contribution in [1.29, 1.82) is 0 Å². The second-order valence-electron chi connectivity index (χ2n) is 9.76. The van der Waals surface area contributed by atoms with E-state index in [0.717, 1.165) is 29.7 Å². The van der Waals surface area contributed by atoms with Gasteiger partial charge in [0.2, 0.25) is 11.9 Å². The van der Waals surface area contributed by atoms with E-state index in [1.165, 1.54) is 10.5 Å². The molecule has 3 aromatic rings. The van der Waals surface area contributed by atoms with Crippen LogP contribution in [0.25, 0.3) is 16.9 Å². The predicted octanol–water partition coefficient (Wildman–Crippen LogP) is 5.35. The molecule has 0 radical (unpaired) electrons. The third-order valence-electron chi connectivity index (χ3n) is 6.35. The van der Waals surface area contributed by atoms with Gasteiger partial charge in [0, 0.05) is 41.7 Å². The molecular weight excluding hydrogens is 490 g/mol. The van der Waals surface area contributed by atoms with Crippen molar-refractivity contribution in [2.75, 3.05) is 25.0 Å². The normalized spacial score (nSPS) is 15.1. The van der Waals surface area contributed by atoms with E-state index in [1.807, 2.05) is 55.8 Å². The molecule has 37 heavy (non-hydrogen) atoms. The number of carbonyl (C=O) groups excluding carboxylic acids is 2. The SMILES string of the molecule is Cc1ccc(-n2cc(-c3ccc(Cl)cc3)nc2NC(=O)CN(CC2CCCO2)C(=O)NC(C)C)cc1C. The number of imidazole rings is 1. The van der Waals surface area contributed by atoms with Crippen molar-refractivity contribution in [3.63, 3.8) is 0 Å². The van der Waals surface area contributed by atoms with Gasteiger partial charge in [-0.25, -0.2) is 9.78 Å². The molecule has 8 nitrogen and oxygen atoms in total. The summed E-state index contributed by atoms with van der Waals surface area (Å²) in [5.74, 6) is 0.0368. The van der Waals surface area contributed by atoms with Crippen molar-refractivity contribution < 1.29 is 14.3 Å². The van der Waals surface area contributed by atoms with Crippen LogP contribution in [0, 0.1) is 13.8 Å². The monoisotopic (exact) mass is 523 g/mol. The summed E-state index contributed by atoms with van der Waals surface area (Å²) in [6.45, 7) is 8.80. The van der Waals surface area contributed by atoms with Crippen molar-refractivity contribution in [3.8, 4) is 16.9 Å². The number of carbonyl (C=O) groups is 2. The first-order valence-electron chi connectivity index (χ1n) is 12.6. The molecule has 0 spiro atoms. The average molecular weight is 524 g/mol. The molecule has 9 heteroatoms. The number of halogens is 1. The van der Waals surface area contributed by atoms with Crippen LogP contribution >= 0.6 is 11.6 Å². The highest BCUT2D eigenvalue weighted by molar-refractivity contribution is 6.30. The van der Waals surface area contributed by atoms with Crippen molar-refractivity contribution >= 4 is 29.5 Å². The molecule has 1 atom stereocenters. The summed E-state index contributed by atoms with van der Waals surface area (Å²) in [5, 5.41) is 6.45. The maximum atomic E-state index is 13.2. The number of rotatable bonds is 8. The molecule has 0 aliphatic carbocycles. The largest absolute Gasteiger partial charge is 0.376 e. The average Bonchev–Trinajstić information content (AvgIpc) is 3.51. The lowest BCUT2D eigenvalue weighted by Gasteiger charge is -2.26. The fourth-order valence-corrected chi connectivity index (χ4v) is 4.36. The molecule has 1 unspecified atom stereocenters. The minimum Gasteiger partial charge on any atom is -0.376 e. The van der Waals surface area contributed by atoms with E-state index in [9.17, 15) is 9.59 Å². The Balaban J connectivity index is 1.60. The highest BCUT2D eigenvalue weighted by atomic mass is 35.5. The van der Waals surface area contributed by atoms with Crippen LogP contribution in [0.2, 0.25) is 5.02 Å². The van der Waals surface area contributed by atoms with Gasteiger partial charge in [-0.05, 0) is 75.9 Å². The van der Waals surface area contributed by atoms with E-state index in [0.29, 0.717) is 29.8 Å². The zero-order valence-corrected chi connectivity index (χ0v) is 22.5. The summed E-state index contributed by atoms with van der Waals surface area (Å²) in [6, 6.07) is 13.1. The van der Waals surface area contributed by atoms with Crippen molar-refractivity contribution in [1.82, 2.24) is 19.8 Å². The Labute approximate surface area is 223 Å². The number of aryl methyl sites for hydroxylation is 2. The number of amides is 3. The van der Waals surface area contributed by atoms with Crippen LogP contribution in [0.15, 0.2) is 48.7 Å². The van der Waals surface area contributed by atoms with Crippen molar-refractivity contribution in [2.45, 2.75) is 52.7 Å². The van der Waals surface area contributed by atoms with Gasteiger partial charge in [-0.15, -0.1) is 0 Å². The van der Waals surface area contributed by atoms with E-state index in [1.54, 1.807) is 12.1 Å². The number of ether oxygens (including phenoxy) is 1. The Morgan fingerprint density at radius 2 is 1.92 bits per heavy atom. The summed E-state index contributed by atoms with van der Waals surface area (Å²) in [7, 11) is 0. The zero-order valence-electron chi connectivity index (χ0n) is 21.8. The summed E-state index contributed by atoms with van der Waals surface area (Å²) >= 11 is 6.07. The number of nitrogens with one attached hydrogen (secondary N) is 2. The molecule has 0 saturated carbocycles. The number of nitrogens with zero attached hydrogens (tertiary/aromatic N) is 3. The summed E-state index contributed by atoms with van der Waals surface area (Å²) in [4.78, 5) is 32.3. The fraction of sp³-hybridized carbons (Fsp3) is 0.393. The molecule has 0 bridgehead atoms. The zero-order chi connectivity index (χ0) is 26.5. The molecule has 1 aromatic heterocycles. The fourth-order valence-electron chi connectivity index (χ4n) is 4.23. The second-order valence-corrected chi connectivity index (χ2v) is 10.2. The van der Waals surface area contributed by atoms with Gasteiger partial charge in [0.15, 0.2) is 0 Å². The summed E-state index contributed by atoms with van der Waals surface area (Å²) < 4.78 is 7.57. The molecule has 1 fully saturated rings. The third kappa shape index (κ3) is 6.90. The molecule has 1 saturated heterocycles. The van der Waals surface area contributed by atoms with Crippen LogP contribution in [0.3, 0.4) is 0 Å². The van der Waals surface area contributed by atoms with Gasteiger partial charge in [0.1, 0.15) is 6.54 Å². The summed E-state index contributed by atoms with van der Waals surface area (Å²) in [6.07, 6.45) is 3.64. The number of anilines is 1. The van der Waals surface area contributed by atoms with Gasteiger partial charge < -0.3 is 15.0 Å². The van der Waals surface area contributed by atoms with Crippen LogP contribution in [0.4, 0.5) is 10.7 Å². The van der Waals surface area contributed by atoms with Crippen LogP contribution in [0.5, 0.6) is 0 Å². The predicted molar refractivity (Wildman–Crippen MR) is 146 cm³/mol. The Hall–Kier alpha value is -3.36. The minimum atomic E-state index is -0.338. The minimum absolute atomic E-state index is 0.0480. The van der Waals surface area contributed by atoms with Gasteiger partial charge in [0.25, 0.3) is 0 Å². The van der Waals surface area contributed by atoms with Crippen LogP contribution < -0.4 is 10.6 Å². The molecule has 1 aliphatic rings. The number of aromatic nitrogens is 2. The van der Waals surface area contributed by atoms with Gasteiger partial charge in [-0.2, -0.15) is 0 Å².